The van der Waals surface area contributed by atoms with Gasteiger partial charge in [-0.1, -0.05) is 23.7 Å². The third kappa shape index (κ3) is 1.22. The molecule has 1 aromatic carbocycles. The Morgan fingerprint density at radius 1 is 1.38 bits per heavy atom. The molecular formula is C12H13ClN2O. The average Bonchev–Trinajstić information content (AvgIpc) is 2.64. The van der Waals surface area contributed by atoms with Crippen molar-refractivity contribution in [1.82, 2.24) is 10.3 Å². The Morgan fingerprint density at radius 2 is 2.19 bits per heavy atom. The van der Waals surface area contributed by atoms with E-state index in [1.54, 1.807) is 7.11 Å². The van der Waals surface area contributed by atoms with E-state index in [2.05, 4.69) is 16.4 Å². The van der Waals surface area contributed by atoms with Gasteiger partial charge in [0.1, 0.15) is 5.60 Å². The van der Waals surface area contributed by atoms with E-state index < -0.39 is 0 Å². The number of fused-ring (bicyclic) bond motifs is 1. The summed E-state index contributed by atoms with van der Waals surface area (Å²) in [6, 6.07) is 5.94. The van der Waals surface area contributed by atoms with Gasteiger partial charge in [0.2, 0.25) is 0 Å². The molecule has 2 N–H and O–H groups in total. The number of ether oxygens (including phenoxy) is 1. The van der Waals surface area contributed by atoms with Crippen LogP contribution in [0.4, 0.5) is 0 Å². The van der Waals surface area contributed by atoms with Gasteiger partial charge in [-0.2, -0.15) is 0 Å². The number of H-pyrrole nitrogens is 1. The molecule has 84 valence electrons. The van der Waals surface area contributed by atoms with Gasteiger partial charge in [-0.15, -0.1) is 0 Å². The molecule has 1 aliphatic heterocycles. The monoisotopic (exact) mass is 236 g/mol. The van der Waals surface area contributed by atoms with Gasteiger partial charge in [-0.3, -0.25) is 0 Å². The molecule has 0 atom stereocenters. The van der Waals surface area contributed by atoms with E-state index in [4.69, 9.17) is 16.3 Å². The highest BCUT2D eigenvalue weighted by Crippen LogP contribution is 2.36. The van der Waals surface area contributed by atoms with E-state index >= 15 is 0 Å². The summed E-state index contributed by atoms with van der Waals surface area (Å²) < 4.78 is 5.64. The Hall–Kier alpha value is -1.03. The summed E-state index contributed by atoms with van der Waals surface area (Å²) in [5.41, 5.74) is 1.98. The molecule has 3 nitrogen and oxygen atoms in total. The van der Waals surface area contributed by atoms with Gasteiger partial charge in [-0.05, 0) is 6.07 Å². The molecule has 0 saturated carbocycles. The number of halogens is 1. The van der Waals surface area contributed by atoms with E-state index in [1.807, 2.05) is 18.3 Å². The second kappa shape index (κ2) is 3.48. The molecule has 2 aromatic rings. The fourth-order valence-corrected chi connectivity index (χ4v) is 2.52. The first-order chi connectivity index (χ1) is 7.77. The number of benzene rings is 1. The van der Waals surface area contributed by atoms with Crippen molar-refractivity contribution >= 4 is 22.5 Å². The first-order valence-corrected chi connectivity index (χ1v) is 5.66. The van der Waals surface area contributed by atoms with Crippen LogP contribution in [0.3, 0.4) is 0 Å². The molecule has 3 rings (SSSR count). The van der Waals surface area contributed by atoms with Crippen LogP contribution in [-0.2, 0) is 10.3 Å². The Kier molecular flexibility index (Phi) is 2.21. The molecule has 0 radical (unpaired) electrons. The highest BCUT2D eigenvalue weighted by atomic mass is 35.5. The minimum atomic E-state index is -0.192. The summed E-state index contributed by atoms with van der Waals surface area (Å²) in [6.45, 7) is 1.70. The zero-order chi connectivity index (χ0) is 11.2. The van der Waals surface area contributed by atoms with E-state index in [0.717, 1.165) is 29.0 Å². The quantitative estimate of drug-likeness (QED) is 0.840. The zero-order valence-electron chi connectivity index (χ0n) is 9.01. The van der Waals surface area contributed by atoms with Crippen molar-refractivity contribution in [2.45, 2.75) is 5.60 Å². The molecule has 2 heterocycles. The van der Waals surface area contributed by atoms with Crippen LogP contribution in [0.5, 0.6) is 0 Å². The number of aromatic nitrogens is 1. The maximum Gasteiger partial charge on any atom is 0.119 e. The summed E-state index contributed by atoms with van der Waals surface area (Å²) in [4.78, 5) is 3.22. The largest absolute Gasteiger partial charge is 0.371 e. The highest BCUT2D eigenvalue weighted by molar-refractivity contribution is 6.35. The second-order valence-corrected chi connectivity index (χ2v) is 4.57. The summed E-state index contributed by atoms with van der Waals surface area (Å²) >= 11 is 6.14. The van der Waals surface area contributed by atoms with E-state index in [-0.39, 0.29) is 5.60 Å². The van der Waals surface area contributed by atoms with Crippen molar-refractivity contribution in [3.63, 3.8) is 0 Å². The summed E-state index contributed by atoms with van der Waals surface area (Å²) in [7, 11) is 1.75. The maximum atomic E-state index is 6.14. The molecule has 0 amide bonds. The van der Waals surface area contributed by atoms with Crippen molar-refractivity contribution in [3.8, 4) is 0 Å². The number of rotatable bonds is 2. The summed E-state index contributed by atoms with van der Waals surface area (Å²) in [5, 5.41) is 5.15. The molecule has 0 aliphatic carbocycles. The molecule has 0 unspecified atom stereocenters. The van der Waals surface area contributed by atoms with Gasteiger partial charge in [0.25, 0.3) is 0 Å². The van der Waals surface area contributed by atoms with Gasteiger partial charge in [-0.25, -0.2) is 0 Å². The smallest absolute Gasteiger partial charge is 0.119 e. The van der Waals surface area contributed by atoms with Crippen LogP contribution in [0.25, 0.3) is 10.9 Å². The third-order valence-corrected chi connectivity index (χ3v) is 3.68. The predicted octanol–water partition coefficient (Wildman–Crippen LogP) is 2.27. The topological polar surface area (TPSA) is 37.0 Å². The Morgan fingerprint density at radius 3 is 2.81 bits per heavy atom. The van der Waals surface area contributed by atoms with E-state index in [0.29, 0.717) is 0 Å². The van der Waals surface area contributed by atoms with Crippen LogP contribution in [0, 0.1) is 0 Å². The van der Waals surface area contributed by atoms with Crippen LogP contribution < -0.4 is 5.32 Å². The zero-order valence-corrected chi connectivity index (χ0v) is 9.77. The molecule has 0 bridgehead atoms. The van der Waals surface area contributed by atoms with Crippen LogP contribution in [0.2, 0.25) is 5.02 Å². The fourth-order valence-electron chi connectivity index (χ4n) is 2.29. The van der Waals surface area contributed by atoms with Crippen molar-refractivity contribution in [2.24, 2.45) is 0 Å². The number of nitrogens with one attached hydrogen (secondary N) is 2. The lowest BCUT2D eigenvalue weighted by molar-refractivity contribution is -0.0553. The first-order valence-electron chi connectivity index (χ1n) is 5.29. The van der Waals surface area contributed by atoms with Crippen molar-refractivity contribution in [1.29, 1.82) is 0 Å². The van der Waals surface area contributed by atoms with Crippen LogP contribution >= 0.6 is 11.6 Å². The normalized spacial score (nSPS) is 18.6. The second-order valence-electron chi connectivity index (χ2n) is 4.17. The van der Waals surface area contributed by atoms with Gasteiger partial charge in [0.15, 0.2) is 0 Å². The number of para-hydroxylation sites is 1. The lowest BCUT2D eigenvalue weighted by atomic mass is 9.87. The highest BCUT2D eigenvalue weighted by Gasteiger charge is 2.40. The van der Waals surface area contributed by atoms with Gasteiger partial charge in [0, 0.05) is 37.3 Å². The van der Waals surface area contributed by atoms with Crippen molar-refractivity contribution < 1.29 is 4.74 Å². The molecule has 1 aromatic heterocycles. The standard InChI is InChI=1S/C12H13ClN2O/c1-16-12(6-14-7-12)9-5-15-11-8(9)3-2-4-10(11)13/h2-5,14-15H,6-7H2,1H3. The molecule has 16 heavy (non-hydrogen) atoms. The molecule has 1 fully saturated rings. The molecule has 1 saturated heterocycles. The van der Waals surface area contributed by atoms with Crippen LogP contribution in [0.15, 0.2) is 24.4 Å². The minimum absolute atomic E-state index is 0.192. The molecule has 0 spiro atoms. The minimum Gasteiger partial charge on any atom is -0.371 e. The SMILES string of the molecule is COC1(c2c[nH]c3c(Cl)cccc23)CNC1. The first kappa shape index (κ1) is 10.1. The Balaban J connectivity index is 2.21. The Bertz CT molecular complexity index is 525. The van der Waals surface area contributed by atoms with Gasteiger partial charge in [0.05, 0.1) is 10.5 Å². The van der Waals surface area contributed by atoms with Gasteiger partial charge >= 0.3 is 0 Å². The fraction of sp³-hybridized carbons (Fsp3) is 0.333. The number of aromatic amines is 1. The summed E-state index contributed by atoms with van der Waals surface area (Å²) in [5.74, 6) is 0. The number of methoxy groups -OCH3 is 1. The van der Waals surface area contributed by atoms with Crippen LogP contribution in [0.1, 0.15) is 5.56 Å². The van der Waals surface area contributed by atoms with Crippen LogP contribution in [-0.4, -0.2) is 25.2 Å². The Labute approximate surface area is 98.7 Å². The predicted molar refractivity (Wildman–Crippen MR) is 64.9 cm³/mol. The van der Waals surface area contributed by atoms with E-state index in [1.165, 1.54) is 5.56 Å². The van der Waals surface area contributed by atoms with E-state index in [9.17, 15) is 0 Å². The maximum absolute atomic E-state index is 6.14. The number of hydrogen-bond acceptors (Lipinski definition) is 2. The molecular weight excluding hydrogens is 224 g/mol. The lowest BCUT2D eigenvalue weighted by Crippen LogP contribution is -2.57. The lowest BCUT2D eigenvalue weighted by Gasteiger charge is -2.41. The average molecular weight is 237 g/mol. The van der Waals surface area contributed by atoms with Gasteiger partial charge < -0.3 is 15.0 Å². The molecule has 1 aliphatic rings. The number of hydrogen-bond donors (Lipinski definition) is 2. The molecule has 4 heteroatoms. The van der Waals surface area contributed by atoms with Crippen molar-refractivity contribution in [2.75, 3.05) is 20.2 Å². The van der Waals surface area contributed by atoms with Crippen molar-refractivity contribution in [3.05, 3.63) is 35.0 Å². The third-order valence-electron chi connectivity index (χ3n) is 3.37. The summed E-state index contributed by atoms with van der Waals surface area (Å²) in [6.07, 6.45) is 2.00.